The number of nitrogens with two attached hydrogens (primary N) is 1. The fourth-order valence-corrected chi connectivity index (χ4v) is 2.70. The van der Waals surface area contributed by atoms with Gasteiger partial charge in [0.1, 0.15) is 10.7 Å². The third kappa shape index (κ3) is 3.94. The van der Waals surface area contributed by atoms with Gasteiger partial charge in [0.25, 0.3) is 5.91 Å². The fourth-order valence-electron chi connectivity index (χ4n) is 1.69. The Bertz CT molecular complexity index is 639. The topological polar surface area (TPSA) is 97.9 Å². The van der Waals surface area contributed by atoms with Crippen molar-refractivity contribution in [1.29, 1.82) is 0 Å². The number of nitrogens with one attached hydrogen (secondary N) is 2. The standard InChI is InChI=1S/C13H20N6OS/c1-13(2,3)18-12-17-10(14)9(21-12)11(20)15-7-8-5-6-16-19(8)4/h5-6H,7,14H2,1-4H3,(H,15,20)(H,17,18). The van der Waals surface area contributed by atoms with Crippen LogP contribution in [0.15, 0.2) is 12.3 Å². The van der Waals surface area contributed by atoms with Gasteiger partial charge in [-0.15, -0.1) is 0 Å². The molecular weight excluding hydrogens is 288 g/mol. The van der Waals surface area contributed by atoms with E-state index in [-0.39, 0.29) is 17.3 Å². The third-order valence-electron chi connectivity index (χ3n) is 2.69. The fraction of sp³-hybridized carbons (Fsp3) is 0.462. The van der Waals surface area contributed by atoms with E-state index in [1.807, 2.05) is 33.9 Å². The molecule has 2 aromatic heterocycles. The number of hydrogen-bond donors (Lipinski definition) is 3. The second-order valence-electron chi connectivity index (χ2n) is 5.74. The maximum Gasteiger partial charge on any atom is 0.265 e. The van der Waals surface area contributed by atoms with Gasteiger partial charge in [0, 0.05) is 18.8 Å². The van der Waals surface area contributed by atoms with Gasteiger partial charge in [-0.2, -0.15) is 5.10 Å². The summed E-state index contributed by atoms with van der Waals surface area (Å²) >= 11 is 1.25. The molecule has 0 radical (unpaired) electrons. The van der Waals surface area contributed by atoms with Crippen molar-refractivity contribution < 1.29 is 4.79 Å². The SMILES string of the molecule is Cn1nccc1CNC(=O)c1sc(NC(C)(C)C)nc1N. The van der Waals surface area contributed by atoms with Crippen LogP contribution in [0.1, 0.15) is 36.1 Å². The summed E-state index contributed by atoms with van der Waals surface area (Å²) in [7, 11) is 1.83. The summed E-state index contributed by atoms with van der Waals surface area (Å²) in [5, 5.41) is 10.7. The minimum absolute atomic E-state index is 0.132. The van der Waals surface area contributed by atoms with Crippen molar-refractivity contribution in [3.05, 3.63) is 22.8 Å². The highest BCUT2D eigenvalue weighted by molar-refractivity contribution is 7.18. The minimum Gasteiger partial charge on any atom is -0.382 e. The monoisotopic (exact) mass is 308 g/mol. The van der Waals surface area contributed by atoms with Crippen LogP contribution >= 0.6 is 11.3 Å². The van der Waals surface area contributed by atoms with E-state index < -0.39 is 0 Å². The number of aryl methyl sites for hydroxylation is 1. The summed E-state index contributed by atoms with van der Waals surface area (Å²) < 4.78 is 1.71. The van der Waals surface area contributed by atoms with E-state index >= 15 is 0 Å². The summed E-state index contributed by atoms with van der Waals surface area (Å²) in [6, 6.07) is 1.85. The number of carbonyl (C=O) groups is 1. The zero-order chi connectivity index (χ0) is 15.6. The second kappa shape index (κ2) is 5.72. The van der Waals surface area contributed by atoms with Crippen molar-refractivity contribution in [1.82, 2.24) is 20.1 Å². The Morgan fingerprint density at radius 3 is 2.76 bits per heavy atom. The predicted octanol–water partition coefficient (Wildman–Crippen LogP) is 1.60. The minimum atomic E-state index is -0.229. The third-order valence-corrected chi connectivity index (χ3v) is 3.68. The number of anilines is 2. The van der Waals surface area contributed by atoms with Gasteiger partial charge in [-0.3, -0.25) is 9.48 Å². The molecule has 8 heteroatoms. The van der Waals surface area contributed by atoms with E-state index in [0.29, 0.717) is 16.6 Å². The van der Waals surface area contributed by atoms with Gasteiger partial charge >= 0.3 is 0 Å². The van der Waals surface area contributed by atoms with Crippen molar-refractivity contribution in [2.75, 3.05) is 11.1 Å². The quantitative estimate of drug-likeness (QED) is 0.797. The zero-order valence-electron chi connectivity index (χ0n) is 12.6. The summed E-state index contributed by atoms with van der Waals surface area (Å²) in [4.78, 5) is 16.8. The van der Waals surface area contributed by atoms with Crippen LogP contribution in [0.5, 0.6) is 0 Å². The molecule has 2 rings (SSSR count). The average Bonchev–Trinajstić information content (AvgIpc) is 2.91. The highest BCUT2D eigenvalue weighted by Crippen LogP contribution is 2.27. The molecule has 21 heavy (non-hydrogen) atoms. The van der Waals surface area contributed by atoms with Crippen LogP contribution in [0.25, 0.3) is 0 Å². The molecule has 0 aliphatic heterocycles. The summed E-state index contributed by atoms with van der Waals surface area (Å²) in [6.45, 7) is 6.46. The number of nitrogen functional groups attached to an aromatic ring is 1. The van der Waals surface area contributed by atoms with Crippen molar-refractivity contribution in [3.8, 4) is 0 Å². The van der Waals surface area contributed by atoms with Crippen molar-refractivity contribution >= 4 is 28.2 Å². The molecule has 0 spiro atoms. The smallest absolute Gasteiger partial charge is 0.265 e. The van der Waals surface area contributed by atoms with Gasteiger partial charge in [0.05, 0.1) is 12.2 Å². The Labute approximate surface area is 127 Å². The lowest BCUT2D eigenvalue weighted by molar-refractivity contribution is 0.0955. The van der Waals surface area contributed by atoms with Gasteiger partial charge in [-0.1, -0.05) is 11.3 Å². The number of carbonyl (C=O) groups excluding carboxylic acids is 1. The van der Waals surface area contributed by atoms with Crippen molar-refractivity contribution in [2.24, 2.45) is 7.05 Å². The number of amides is 1. The molecule has 0 aromatic carbocycles. The van der Waals surface area contributed by atoms with E-state index in [4.69, 9.17) is 5.73 Å². The zero-order valence-corrected chi connectivity index (χ0v) is 13.4. The van der Waals surface area contributed by atoms with E-state index in [0.717, 1.165) is 5.69 Å². The van der Waals surface area contributed by atoms with E-state index in [2.05, 4.69) is 20.7 Å². The van der Waals surface area contributed by atoms with Gasteiger partial charge in [0.2, 0.25) is 0 Å². The Balaban J connectivity index is 2.04. The van der Waals surface area contributed by atoms with Crippen LogP contribution in [0.3, 0.4) is 0 Å². The Hall–Kier alpha value is -2.09. The van der Waals surface area contributed by atoms with Crippen LogP contribution < -0.4 is 16.4 Å². The second-order valence-corrected chi connectivity index (χ2v) is 6.74. The molecule has 2 heterocycles. The molecule has 0 bridgehead atoms. The highest BCUT2D eigenvalue weighted by Gasteiger charge is 2.19. The number of hydrogen-bond acceptors (Lipinski definition) is 6. The van der Waals surface area contributed by atoms with E-state index in [9.17, 15) is 4.79 Å². The molecule has 114 valence electrons. The number of rotatable bonds is 4. The summed E-state index contributed by atoms with van der Waals surface area (Å²) in [5.41, 5.74) is 6.60. The first kappa shape index (κ1) is 15.3. The predicted molar refractivity (Wildman–Crippen MR) is 84.3 cm³/mol. The van der Waals surface area contributed by atoms with Crippen LogP contribution in [0.2, 0.25) is 0 Å². The lowest BCUT2D eigenvalue weighted by atomic mass is 10.1. The first-order valence-electron chi connectivity index (χ1n) is 6.56. The Morgan fingerprint density at radius 2 is 2.19 bits per heavy atom. The van der Waals surface area contributed by atoms with Gasteiger partial charge < -0.3 is 16.4 Å². The molecule has 0 saturated heterocycles. The van der Waals surface area contributed by atoms with Crippen molar-refractivity contribution in [2.45, 2.75) is 32.9 Å². The summed E-state index contributed by atoms with van der Waals surface area (Å²) in [5.74, 6) is 0.0161. The molecule has 0 atom stereocenters. The molecule has 0 aliphatic rings. The van der Waals surface area contributed by atoms with Crippen molar-refractivity contribution in [3.63, 3.8) is 0 Å². The average molecular weight is 308 g/mol. The Morgan fingerprint density at radius 1 is 1.48 bits per heavy atom. The lowest BCUT2D eigenvalue weighted by Gasteiger charge is -2.19. The van der Waals surface area contributed by atoms with Gasteiger partial charge in [-0.25, -0.2) is 4.98 Å². The first-order chi connectivity index (χ1) is 9.76. The molecular formula is C13H20N6OS. The molecule has 0 unspecified atom stereocenters. The molecule has 4 N–H and O–H groups in total. The number of nitrogens with zero attached hydrogens (tertiary/aromatic N) is 3. The molecule has 0 aliphatic carbocycles. The maximum atomic E-state index is 12.2. The first-order valence-corrected chi connectivity index (χ1v) is 7.37. The highest BCUT2D eigenvalue weighted by atomic mass is 32.1. The van der Waals surface area contributed by atoms with Crippen LogP contribution in [-0.4, -0.2) is 26.2 Å². The van der Waals surface area contributed by atoms with E-state index in [1.165, 1.54) is 11.3 Å². The number of aromatic nitrogens is 3. The summed E-state index contributed by atoms with van der Waals surface area (Å²) in [6.07, 6.45) is 1.69. The molecule has 2 aromatic rings. The van der Waals surface area contributed by atoms with Crippen LogP contribution in [0, 0.1) is 0 Å². The normalized spacial score (nSPS) is 11.4. The van der Waals surface area contributed by atoms with E-state index in [1.54, 1.807) is 10.9 Å². The maximum absolute atomic E-state index is 12.2. The van der Waals surface area contributed by atoms with Crippen LogP contribution in [0.4, 0.5) is 10.9 Å². The van der Waals surface area contributed by atoms with Gasteiger partial charge in [0.15, 0.2) is 5.13 Å². The lowest BCUT2D eigenvalue weighted by Crippen LogP contribution is -2.25. The number of thiazole rings is 1. The Kier molecular flexibility index (Phi) is 4.17. The molecule has 7 nitrogen and oxygen atoms in total. The van der Waals surface area contributed by atoms with Gasteiger partial charge in [-0.05, 0) is 26.8 Å². The van der Waals surface area contributed by atoms with Crippen LogP contribution in [-0.2, 0) is 13.6 Å². The largest absolute Gasteiger partial charge is 0.382 e. The molecule has 0 fully saturated rings. The molecule has 0 saturated carbocycles. The molecule has 1 amide bonds.